The van der Waals surface area contributed by atoms with Gasteiger partial charge in [0.05, 0.1) is 7.11 Å². The minimum Gasteiger partial charge on any atom is -0.504 e. The first-order valence-corrected chi connectivity index (χ1v) is 4.73. The lowest BCUT2D eigenvalue weighted by Crippen LogP contribution is -2.12. The van der Waals surface area contributed by atoms with Crippen molar-refractivity contribution in [1.82, 2.24) is 0 Å². The number of ketones is 1. The fourth-order valence-electron chi connectivity index (χ4n) is 1.23. The number of methoxy groups -OCH3 is 1. The van der Waals surface area contributed by atoms with Crippen LogP contribution in [-0.2, 0) is 4.79 Å². The molecule has 0 aliphatic rings. The molecule has 0 aliphatic heterocycles. The fraction of sp³-hybridized carbons (Fsp3) is 0.273. The largest absolute Gasteiger partial charge is 0.504 e. The summed E-state index contributed by atoms with van der Waals surface area (Å²) in [5.74, 6) is -0.532. The van der Waals surface area contributed by atoms with Crippen LogP contribution >= 0.6 is 0 Å². The number of phenols is 1. The van der Waals surface area contributed by atoms with Gasteiger partial charge in [0.25, 0.3) is 0 Å². The maximum Gasteiger partial charge on any atom is 0.217 e. The summed E-state index contributed by atoms with van der Waals surface area (Å²) in [5, 5.41) is 9.32. The summed E-state index contributed by atoms with van der Waals surface area (Å²) < 4.78 is 4.87. The number of ether oxygens (including phenoxy) is 1. The minimum atomic E-state index is -0.515. The number of rotatable bonds is 5. The number of carbonyl (C=O) groups excluding carboxylic acids is 2. The summed E-state index contributed by atoms with van der Waals surface area (Å²) in [5.41, 5.74) is 5.33. The van der Waals surface area contributed by atoms with Crippen LogP contribution in [0.2, 0.25) is 0 Å². The van der Waals surface area contributed by atoms with E-state index in [9.17, 15) is 14.7 Å². The van der Waals surface area contributed by atoms with E-state index < -0.39 is 5.91 Å². The summed E-state index contributed by atoms with van der Waals surface area (Å²) in [7, 11) is 1.40. The number of Topliss-reactive ketones (excluding diaryl/α,β-unsaturated/α-hetero) is 1. The van der Waals surface area contributed by atoms with Crippen molar-refractivity contribution in [3.8, 4) is 11.5 Å². The SMILES string of the molecule is COc1cc(C(=O)CCC(N)=O)ccc1O. The molecular weight excluding hydrogens is 210 g/mol. The van der Waals surface area contributed by atoms with E-state index in [1.807, 2.05) is 0 Å². The molecule has 0 unspecified atom stereocenters. The van der Waals surface area contributed by atoms with E-state index >= 15 is 0 Å². The highest BCUT2D eigenvalue weighted by Crippen LogP contribution is 2.26. The Hall–Kier alpha value is -2.04. The molecule has 0 fully saturated rings. The first kappa shape index (κ1) is 12.0. The molecule has 5 nitrogen and oxygen atoms in total. The van der Waals surface area contributed by atoms with Gasteiger partial charge in [0, 0.05) is 18.4 Å². The zero-order valence-electron chi connectivity index (χ0n) is 8.90. The fourth-order valence-corrected chi connectivity index (χ4v) is 1.23. The van der Waals surface area contributed by atoms with Crippen molar-refractivity contribution < 1.29 is 19.4 Å². The Labute approximate surface area is 92.8 Å². The Bertz CT molecular complexity index is 414. The number of hydrogen-bond acceptors (Lipinski definition) is 4. The highest BCUT2D eigenvalue weighted by atomic mass is 16.5. The standard InChI is InChI=1S/C11H13NO4/c1-16-10-6-7(2-3-9(10)14)8(13)4-5-11(12)15/h2-3,6,14H,4-5H2,1H3,(H2,12,15). The van der Waals surface area contributed by atoms with Crippen molar-refractivity contribution in [3.05, 3.63) is 23.8 Å². The molecular formula is C11H13NO4. The Kier molecular flexibility index (Phi) is 3.88. The third-order valence-corrected chi connectivity index (χ3v) is 2.10. The summed E-state index contributed by atoms with van der Waals surface area (Å²) in [6.07, 6.45) is 0.0747. The minimum absolute atomic E-state index is 0.0159. The predicted molar refractivity (Wildman–Crippen MR) is 57.4 cm³/mol. The molecule has 0 heterocycles. The van der Waals surface area contributed by atoms with Gasteiger partial charge in [-0.05, 0) is 18.2 Å². The molecule has 3 N–H and O–H groups in total. The van der Waals surface area contributed by atoms with Crippen LogP contribution in [-0.4, -0.2) is 23.9 Å². The molecule has 16 heavy (non-hydrogen) atoms. The van der Waals surface area contributed by atoms with Gasteiger partial charge in [-0.15, -0.1) is 0 Å². The molecule has 0 aromatic heterocycles. The summed E-state index contributed by atoms with van der Waals surface area (Å²) in [4.78, 5) is 22.1. The van der Waals surface area contributed by atoms with E-state index in [1.54, 1.807) is 0 Å². The van der Waals surface area contributed by atoms with Gasteiger partial charge in [0.2, 0.25) is 5.91 Å². The van der Waals surface area contributed by atoms with Crippen molar-refractivity contribution in [1.29, 1.82) is 0 Å². The van der Waals surface area contributed by atoms with E-state index in [1.165, 1.54) is 25.3 Å². The van der Waals surface area contributed by atoms with Crippen LogP contribution < -0.4 is 10.5 Å². The quantitative estimate of drug-likeness (QED) is 0.724. The second-order valence-electron chi connectivity index (χ2n) is 3.28. The summed E-state index contributed by atoms with van der Waals surface area (Å²) in [6.45, 7) is 0. The number of amides is 1. The van der Waals surface area contributed by atoms with Crippen LogP contribution in [0.5, 0.6) is 11.5 Å². The number of primary amides is 1. The lowest BCUT2D eigenvalue weighted by atomic mass is 10.1. The van der Waals surface area contributed by atoms with Crippen LogP contribution in [0.15, 0.2) is 18.2 Å². The number of hydrogen-bond donors (Lipinski definition) is 2. The molecule has 0 saturated heterocycles. The molecule has 1 aromatic rings. The number of nitrogens with two attached hydrogens (primary N) is 1. The molecule has 0 radical (unpaired) electrons. The van der Waals surface area contributed by atoms with Crippen molar-refractivity contribution in [2.45, 2.75) is 12.8 Å². The van der Waals surface area contributed by atoms with Gasteiger partial charge in [-0.2, -0.15) is 0 Å². The molecule has 86 valence electrons. The second kappa shape index (κ2) is 5.16. The average molecular weight is 223 g/mol. The first-order chi connectivity index (χ1) is 7.54. The summed E-state index contributed by atoms with van der Waals surface area (Å²) in [6, 6.07) is 4.27. The van der Waals surface area contributed by atoms with Gasteiger partial charge in [-0.1, -0.05) is 0 Å². The van der Waals surface area contributed by atoms with Crippen molar-refractivity contribution in [2.24, 2.45) is 5.73 Å². The van der Waals surface area contributed by atoms with E-state index in [0.29, 0.717) is 5.56 Å². The van der Waals surface area contributed by atoms with E-state index in [4.69, 9.17) is 10.5 Å². The molecule has 0 saturated carbocycles. The van der Waals surface area contributed by atoms with Gasteiger partial charge in [0.15, 0.2) is 17.3 Å². The van der Waals surface area contributed by atoms with Crippen LogP contribution in [0.1, 0.15) is 23.2 Å². The highest BCUT2D eigenvalue weighted by Gasteiger charge is 2.10. The maximum atomic E-state index is 11.6. The van der Waals surface area contributed by atoms with Gasteiger partial charge in [-0.25, -0.2) is 0 Å². The Morgan fingerprint density at radius 3 is 2.62 bits per heavy atom. The third-order valence-electron chi connectivity index (χ3n) is 2.10. The monoisotopic (exact) mass is 223 g/mol. The Morgan fingerprint density at radius 1 is 1.38 bits per heavy atom. The average Bonchev–Trinajstić information content (AvgIpc) is 2.26. The second-order valence-corrected chi connectivity index (χ2v) is 3.28. The predicted octanol–water partition coefficient (Wildman–Crippen LogP) is 0.849. The normalized spacial score (nSPS) is 9.81. The molecule has 0 spiro atoms. The maximum absolute atomic E-state index is 11.6. The molecule has 1 aromatic carbocycles. The lowest BCUT2D eigenvalue weighted by Gasteiger charge is -2.05. The van der Waals surface area contributed by atoms with Crippen molar-refractivity contribution >= 4 is 11.7 Å². The zero-order chi connectivity index (χ0) is 12.1. The molecule has 0 bridgehead atoms. The van der Waals surface area contributed by atoms with Crippen LogP contribution in [0.4, 0.5) is 0 Å². The topological polar surface area (TPSA) is 89.6 Å². The van der Waals surface area contributed by atoms with E-state index in [0.717, 1.165) is 0 Å². The highest BCUT2D eigenvalue weighted by molar-refractivity contribution is 5.98. The van der Waals surface area contributed by atoms with Crippen molar-refractivity contribution in [2.75, 3.05) is 7.11 Å². The van der Waals surface area contributed by atoms with Gasteiger partial charge >= 0.3 is 0 Å². The van der Waals surface area contributed by atoms with E-state index in [2.05, 4.69) is 0 Å². The number of aromatic hydroxyl groups is 1. The third kappa shape index (κ3) is 2.98. The lowest BCUT2D eigenvalue weighted by molar-refractivity contribution is -0.118. The van der Waals surface area contributed by atoms with Crippen molar-refractivity contribution in [3.63, 3.8) is 0 Å². The Balaban J connectivity index is 2.80. The van der Waals surface area contributed by atoms with Crippen LogP contribution in [0.3, 0.4) is 0 Å². The number of phenolic OH excluding ortho intramolecular Hbond substituents is 1. The molecule has 5 heteroatoms. The molecule has 1 rings (SSSR count). The van der Waals surface area contributed by atoms with E-state index in [-0.39, 0.29) is 30.1 Å². The van der Waals surface area contributed by atoms with Crippen LogP contribution in [0, 0.1) is 0 Å². The molecule has 1 amide bonds. The molecule has 0 aliphatic carbocycles. The number of benzene rings is 1. The summed E-state index contributed by atoms with van der Waals surface area (Å²) >= 11 is 0. The first-order valence-electron chi connectivity index (χ1n) is 4.73. The smallest absolute Gasteiger partial charge is 0.217 e. The van der Waals surface area contributed by atoms with Crippen LogP contribution in [0.25, 0.3) is 0 Å². The molecule has 0 atom stereocenters. The van der Waals surface area contributed by atoms with Gasteiger partial charge in [0.1, 0.15) is 0 Å². The number of carbonyl (C=O) groups is 2. The van der Waals surface area contributed by atoms with Gasteiger partial charge < -0.3 is 15.6 Å². The Morgan fingerprint density at radius 2 is 2.06 bits per heavy atom. The zero-order valence-corrected chi connectivity index (χ0v) is 8.90. The van der Waals surface area contributed by atoms with Gasteiger partial charge in [-0.3, -0.25) is 9.59 Å².